The summed E-state index contributed by atoms with van der Waals surface area (Å²) in [7, 11) is 0. The van der Waals surface area contributed by atoms with Gasteiger partial charge in [0.15, 0.2) is 0 Å². The van der Waals surface area contributed by atoms with Crippen molar-refractivity contribution in [3.05, 3.63) is 0 Å². The molecule has 0 amide bonds. The molecule has 5 heavy (non-hydrogen) atoms. The SMILES string of the molecule is Cl.[O]=[Sb]([OH])[OH]. The van der Waals surface area contributed by atoms with Gasteiger partial charge in [0, 0.05) is 0 Å². The standard InChI is InChI=1S/ClH.2H2O.O.Sb/h1H;2*1H2;;/q;;;;+2/p-2. The van der Waals surface area contributed by atoms with Gasteiger partial charge < -0.3 is 0 Å². The van der Waals surface area contributed by atoms with E-state index in [4.69, 9.17) is 9.79 Å². The molecule has 0 saturated carbocycles. The summed E-state index contributed by atoms with van der Waals surface area (Å²) in [6.45, 7) is 0. The molecule has 0 aromatic rings. The van der Waals surface area contributed by atoms with Gasteiger partial charge in [-0.15, -0.1) is 12.4 Å². The molecule has 1 radical (unpaired) electrons. The van der Waals surface area contributed by atoms with Crippen LogP contribution in [0.3, 0.4) is 0 Å². The second kappa shape index (κ2) is 4.83. The number of rotatable bonds is 0. The fourth-order valence-electron chi connectivity index (χ4n) is 0. The van der Waals surface area contributed by atoms with E-state index in [1.165, 1.54) is 0 Å². The van der Waals surface area contributed by atoms with Crippen molar-refractivity contribution in [3.8, 4) is 0 Å². The third kappa shape index (κ3) is 56.3. The zero-order chi connectivity index (χ0) is 3.58. The van der Waals surface area contributed by atoms with Crippen LogP contribution in [-0.2, 0) is 3.02 Å². The van der Waals surface area contributed by atoms with Crippen LogP contribution in [0.15, 0.2) is 0 Å². The van der Waals surface area contributed by atoms with Crippen molar-refractivity contribution in [3.63, 3.8) is 0 Å². The van der Waals surface area contributed by atoms with Gasteiger partial charge in [0.2, 0.25) is 0 Å². The first-order valence-electron chi connectivity index (χ1n) is 0.583. The Balaban J connectivity index is 0. The van der Waals surface area contributed by atoms with Crippen molar-refractivity contribution < 1.29 is 9.79 Å². The first kappa shape index (κ1) is 9.27. The first-order valence-corrected chi connectivity index (χ1v) is 3.91. The van der Waals surface area contributed by atoms with Gasteiger partial charge >= 0.3 is 30.8 Å². The molecule has 2 N–H and O–H groups in total. The van der Waals surface area contributed by atoms with Gasteiger partial charge in [-0.1, -0.05) is 0 Å². The molecule has 0 aromatic carbocycles. The molecule has 3 nitrogen and oxygen atoms in total. The molecule has 5 heteroatoms. The second-order valence-electron chi connectivity index (χ2n) is 0.253. The molecule has 0 atom stereocenters. The zero-order valence-electron chi connectivity index (χ0n) is 2.16. The van der Waals surface area contributed by atoms with Crippen LogP contribution in [0.25, 0.3) is 0 Å². The van der Waals surface area contributed by atoms with Gasteiger partial charge in [0.05, 0.1) is 0 Å². The van der Waals surface area contributed by atoms with Crippen LogP contribution in [0.4, 0.5) is 0 Å². The monoisotopic (exact) mass is 207 g/mol. The quantitative estimate of drug-likeness (QED) is 0.492. The van der Waals surface area contributed by atoms with Gasteiger partial charge in [0.25, 0.3) is 0 Å². The Morgan fingerprint density at radius 3 is 1.40 bits per heavy atom. The number of hydrogen-bond donors (Lipinski definition) is 2. The Labute approximate surface area is 43.5 Å². The van der Waals surface area contributed by atoms with Gasteiger partial charge in [-0.05, 0) is 0 Å². The van der Waals surface area contributed by atoms with Gasteiger partial charge in [-0.3, -0.25) is 0 Å². The molecular weight excluding hydrogens is 205 g/mol. The van der Waals surface area contributed by atoms with Crippen molar-refractivity contribution in [1.82, 2.24) is 0 Å². The van der Waals surface area contributed by atoms with E-state index in [1.807, 2.05) is 0 Å². The Morgan fingerprint density at radius 2 is 1.40 bits per heavy atom. The number of halogens is 1. The van der Waals surface area contributed by atoms with E-state index >= 15 is 0 Å². The minimum atomic E-state index is -3.70. The molecule has 0 fully saturated rings. The minimum absolute atomic E-state index is 0. The van der Waals surface area contributed by atoms with Gasteiger partial charge in [-0.25, -0.2) is 0 Å². The zero-order valence-corrected chi connectivity index (χ0v) is 5.53. The summed E-state index contributed by atoms with van der Waals surface area (Å²) in [6.07, 6.45) is 0. The molecule has 0 rings (SSSR count). The summed E-state index contributed by atoms with van der Waals surface area (Å²) in [4.78, 5) is 0. The molecule has 33 valence electrons. The molecule has 0 heterocycles. The normalized spacial score (nSPS) is 5.20. The molecule has 0 bridgehead atoms. The Hall–Kier alpha value is 0.828. The summed E-state index contributed by atoms with van der Waals surface area (Å²) in [5.41, 5.74) is 0. The van der Waals surface area contributed by atoms with E-state index in [1.54, 1.807) is 0 Å². The second-order valence-corrected chi connectivity index (χ2v) is 1.70. The van der Waals surface area contributed by atoms with Gasteiger partial charge in [-0.2, -0.15) is 0 Å². The van der Waals surface area contributed by atoms with Crippen molar-refractivity contribution in [2.24, 2.45) is 0 Å². The van der Waals surface area contributed by atoms with E-state index in [0.717, 1.165) is 0 Å². The molecule has 0 unspecified atom stereocenters. The first-order chi connectivity index (χ1) is 1.73. The topological polar surface area (TPSA) is 57.5 Å². The van der Waals surface area contributed by atoms with Crippen molar-refractivity contribution in [2.75, 3.05) is 0 Å². The molecule has 0 saturated heterocycles. The van der Waals surface area contributed by atoms with Crippen LogP contribution >= 0.6 is 12.4 Å². The molecule has 0 aliphatic carbocycles. The van der Waals surface area contributed by atoms with Crippen LogP contribution in [0, 0.1) is 0 Å². The average molecular weight is 208 g/mol. The molecule has 0 aliphatic heterocycles. The van der Waals surface area contributed by atoms with Crippen molar-refractivity contribution in [1.29, 1.82) is 0 Å². The van der Waals surface area contributed by atoms with Crippen LogP contribution in [0.1, 0.15) is 0 Å². The van der Waals surface area contributed by atoms with E-state index in [0.29, 0.717) is 0 Å². The Morgan fingerprint density at radius 1 is 1.40 bits per heavy atom. The molecule has 0 aromatic heterocycles. The van der Waals surface area contributed by atoms with Crippen LogP contribution in [0.5, 0.6) is 0 Å². The third-order valence-corrected chi connectivity index (χ3v) is 0. The predicted octanol–water partition coefficient (Wildman–Crippen LogP) is -1.19. The molecule has 0 aliphatic rings. The van der Waals surface area contributed by atoms with Crippen LogP contribution < -0.4 is 0 Å². The average Bonchev–Trinajstić information content (AvgIpc) is 0.811. The molecular formula is H3ClO3Sb. The molecule has 0 spiro atoms. The maximum atomic E-state index is 8.82. The van der Waals surface area contributed by atoms with E-state index < -0.39 is 21.0 Å². The fraction of sp³-hybridized carbons (Fsp3) is 0. The fourth-order valence-corrected chi connectivity index (χ4v) is 0. The van der Waals surface area contributed by atoms with Crippen LogP contribution in [0.2, 0.25) is 0 Å². The maximum absolute atomic E-state index is 8.82. The van der Waals surface area contributed by atoms with Crippen molar-refractivity contribution >= 4 is 33.4 Å². The van der Waals surface area contributed by atoms with Crippen molar-refractivity contribution in [2.45, 2.75) is 0 Å². The Kier molecular flexibility index (Phi) is 8.95. The third-order valence-electron chi connectivity index (χ3n) is 0. The van der Waals surface area contributed by atoms with Gasteiger partial charge in [0.1, 0.15) is 0 Å². The summed E-state index contributed by atoms with van der Waals surface area (Å²) in [5, 5.41) is 0. The van der Waals surface area contributed by atoms with E-state index in [9.17, 15) is 0 Å². The summed E-state index contributed by atoms with van der Waals surface area (Å²) >= 11 is -3.70. The van der Waals surface area contributed by atoms with Crippen LogP contribution in [-0.4, -0.2) is 27.8 Å². The Bertz CT molecular complexity index is 29.9. The number of hydrogen-bond acceptors (Lipinski definition) is 1. The summed E-state index contributed by atoms with van der Waals surface area (Å²) in [6, 6.07) is 0. The predicted molar refractivity (Wildman–Crippen MR) is 18.1 cm³/mol. The summed E-state index contributed by atoms with van der Waals surface area (Å²) < 4.78 is 23.3. The van der Waals surface area contributed by atoms with E-state index in [2.05, 4.69) is 0 Å². The van der Waals surface area contributed by atoms with E-state index in [-0.39, 0.29) is 12.4 Å². The summed E-state index contributed by atoms with van der Waals surface area (Å²) in [5.74, 6) is 0.